The van der Waals surface area contributed by atoms with Gasteiger partial charge in [-0.1, -0.05) is 32.9 Å². The van der Waals surface area contributed by atoms with Gasteiger partial charge in [0.2, 0.25) is 11.8 Å². The summed E-state index contributed by atoms with van der Waals surface area (Å²) in [7, 11) is 0. The van der Waals surface area contributed by atoms with E-state index in [0.29, 0.717) is 31.0 Å². The number of aromatic nitrogens is 2. The monoisotopic (exact) mass is 333 g/mol. The molecule has 0 aliphatic carbocycles. The van der Waals surface area contributed by atoms with Crippen LogP contribution in [0.1, 0.15) is 69.8 Å². The molecule has 0 saturated heterocycles. The molecule has 6 nitrogen and oxygen atoms in total. The first-order valence-electron chi connectivity index (χ1n) is 8.46. The summed E-state index contributed by atoms with van der Waals surface area (Å²) in [6, 6.07) is 3.77. The number of aryl methyl sites for hydroxylation is 3. The Morgan fingerprint density at radius 3 is 2.62 bits per heavy atom. The average Bonchev–Trinajstić information content (AvgIpc) is 3.12. The molecule has 0 saturated carbocycles. The number of hydrogen-bond acceptors (Lipinski definition) is 5. The van der Waals surface area contributed by atoms with E-state index in [4.69, 9.17) is 8.94 Å². The van der Waals surface area contributed by atoms with E-state index in [-0.39, 0.29) is 17.4 Å². The fourth-order valence-corrected chi connectivity index (χ4v) is 2.53. The number of carbonyl (C=O) groups is 1. The van der Waals surface area contributed by atoms with Crippen LogP contribution in [0.15, 0.2) is 21.1 Å². The lowest BCUT2D eigenvalue weighted by Gasteiger charge is -2.30. The number of hydrogen-bond donors (Lipinski definition) is 1. The molecule has 0 aliphatic heterocycles. The molecule has 1 N–H and O–H groups in total. The Kier molecular flexibility index (Phi) is 5.80. The van der Waals surface area contributed by atoms with Gasteiger partial charge in [0.05, 0.1) is 6.04 Å². The van der Waals surface area contributed by atoms with Gasteiger partial charge in [-0.15, -0.1) is 0 Å². The van der Waals surface area contributed by atoms with Gasteiger partial charge in [0.1, 0.15) is 11.5 Å². The van der Waals surface area contributed by atoms with E-state index >= 15 is 0 Å². The van der Waals surface area contributed by atoms with Gasteiger partial charge >= 0.3 is 0 Å². The molecule has 132 valence electrons. The van der Waals surface area contributed by atoms with Gasteiger partial charge in [0, 0.05) is 19.3 Å². The molecular weight excluding hydrogens is 306 g/mol. The van der Waals surface area contributed by atoms with Crippen molar-refractivity contribution in [2.24, 2.45) is 5.41 Å². The highest BCUT2D eigenvalue weighted by molar-refractivity contribution is 5.76. The van der Waals surface area contributed by atoms with E-state index < -0.39 is 0 Å². The molecule has 0 fully saturated rings. The highest BCUT2D eigenvalue weighted by atomic mass is 16.5. The first-order chi connectivity index (χ1) is 11.3. The van der Waals surface area contributed by atoms with Crippen molar-refractivity contribution < 1.29 is 13.7 Å². The zero-order chi connectivity index (χ0) is 17.7. The zero-order valence-electron chi connectivity index (χ0n) is 15.2. The summed E-state index contributed by atoms with van der Waals surface area (Å²) in [5.41, 5.74) is -0.137. The maximum atomic E-state index is 12.3. The fraction of sp³-hybridized carbons (Fsp3) is 0.611. The predicted molar refractivity (Wildman–Crippen MR) is 90.4 cm³/mol. The van der Waals surface area contributed by atoms with Crippen molar-refractivity contribution in [1.82, 2.24) is 15.5 Å². The summed E-state index contributed by atoms with van der Waals surface area (Å²) in [4.78, 5) is 16.5. The summed E-state index contributed by atoms with van der Waals surface area (Å²) in [5, 5.41) is 6.85. The van der Waals surface area contributed by atoms with Crippen LogP contribution in [0.3, 0.4) is 0 Å². The minimum absolute atomic E-state index is 0.000565. The molecule has 1 atom stereocenters. The van der Waals surface area contributed by atoms with E-state index in [0.717, 1.165) is 17.9 Å². The first-order valence-corrected chi connectivity index (χ1v) is 8.46. The molecule has 2 aromatic rings. The summed E-state index contributed by atoms with van der Waals surface area (Å²) in [5.74, 6) is 2.93. The lowest BCUT2D eigenvalue weighted by molar-refractivity contribution is -0.122. The largest absolute Gasteiger partial charge is 0.464 e. The molecule has 0 spiro atoms. The molecular formula is C18H27N3O3. The van der Waals surface area contributed by atoms with Crippen molar-refractivity contribution in [2.45, 2.75) is 66.3 Å². The molecule has 1 amide bonds. The quantitative estimate of drug-likeness (QED) is 0.834. The van der Waals surface area contributed by atoms with Crippen molar-refractivity contribution in [1.29, 1.82) is 0 Å². The van der Waals surface area contributed by atoms with E-state index in [1.54, 1.807) is 6.92 Å². The normalized spacial score (nSPS) is 13.0. The lowest BCUT2D eigenvalue weighted by atomic mass is 9.85. The van der Waals surface area contributed by atoms with Gasteiger partial charge in [0.15, 0.2) is 5.82 Å². The van der Waals surface area contributed by atoms with Crippen LogP contribution >= 0.6 is 0 Å². The van der Waals surface area contributed by atoms with Crippen molar-refractivity contribution in [2.75, 3.05) is 0 Å². The van der Waals surface area contributed by atoms with Crippen molar-refractivity contribution in [3.05, 3.63) is 35.4 Å². The van der Waals surface area contributed by atoms with E-state index in [2.05, 4.69) is 36.2 Å². The molecule has 0 bridgehead atoms. The van der Waals surface area contributed by atoms with E-state index in [1.807, 2.05) is 19.1 Å². The van der Waals surface area contributed by atoms with Gasteiger partial charge in [-0.25, -0.2) is 0 Å². The molecule has 1 unspecified atom stereocenters. The van der Waals surface area contributed by atoms with Gasteiger partial charge in [-0.3, -0.25) is 4.79 Å². The minimum atomic E-state index is -0.157. The molecule has 0 aromatic carbocycles. The Hall–Kier alpha value is -2.11. The van der Waals surface area contributed by atoms with Gasteiger partial charge < -0.3 is 14.3 Å². The SMILES string of the molecule is CCc1ccc(C(NC(=O)CCCc2nc(C)no2)C(C)(C)C)o1. The Morgan fingerprint density at radius 1 is 1.33 bits per heavy atom. The Labute approximate surface area is 143 Å². The zero-order valence-corrected chi connectivity index (χ0v) is 15.2. The second-order valence-corrected chi connectivity index (χ2v) is 7.11. The third-order valence-corrected chi connectivity index (χ3v) is 3.85. The van der Waals surface area contributed by atoms with Gasteiger partial charge in [0.25, 0.3) is 0 Å². The second-order valence-electron chi connectivity index (χ2n) is 7.11. The van der Waals surface area contributed by atoms with Crippen LogP contribution in [0.25, 0.3) is 0 Å². The van der Waals surface area contributed by atoms with E-state index in [1.165, 1.54) is 0 Å². The summed E-state index contributed by atoms with van der Waals surface area (Å²) >= 11 is 0. The fourth-order valence-electron chi connectivity index (χ4n) is 2.53. The van der Waals surface area contributed by atoms with Crippen molar-refractivity contribution in [3.8, 4) is 0 Å². The summed E-state index contributed by atoms with van der Waals surface area (Å²) in [6.45, 7) is 10.1. The number of carbonyl (C=O) groups excluding carboxylic acids is 1. The third-order valence-electron chi connectivity index (χ3n) is 3.85. The van der Waals surface area contributed by atoms with Gasteiger partial charge in [-0.05, 0) is 30.9 Å². The molecule has 0 radical (unpaired) electrons. The molecule has 0 aliphatic rings. The molecule has 2 rings (SSSR count). The van der Waals surface area contributed by atoms with Crippen LogP contribution in [0.4, 0.5) is 0 Å². The topological polar surface area (TPSA) is 81.2 Å². The van der Waals surface area contributed by atoms with E-state index in [9.17, 15) is 4.79 Å². The highest BCUT2D eigenvalue weighted by Crippen LogP contribution is 2.34. The number of amides is 1. The number of nitrogens with zero attached hydrogens (tertiary/aromatic N) is 2. The average molecular weight is 333 g/mol. The van der Waals surface area contributed by atoms with Crippen LogP contribution in [-0.2, 0) is 17.6 Å². The molecule has 6 heteroatoms. The van der Waals surface area contributed by atoms with Crippen LogP contribution in [0.5, 0.6) is 0 Å². The smallest absolute Gasteiger partial charge is 0.226 e. The Bertz CT molecular complexity index is 667. The lowest BCUT2D eigenvalue weighted by Crippen LogP contribution is -2.36. The van der Waals surface area contributed by atoms with Crippen LogP contribution in [0, 0.1) is 12.3 Å². The first kappa shape index (κ1) is 18.2. The van der Waals surface area contributed by atoms with Crippen molar-refractivity contribution in [3.63, 3.8) is 0 Å². The molecule has 24 heavy (non-hydrogen) atoms. The number of rotatable bonds is 7. The number of furan rings is 1. The Morgan fingerprint density at radius 2 is 2.08 bits per heavy atom. The standard InChI is InChI=1S/C18H27N3O3/c1-6-13-10-11-14(23-13)17(18(3,4)5)20-15(22)8-7-9-16-19-12(2)21-24-16/h10-11,17H,6-9H2,1-5H3,(H,20,22). The van der Waals surface area contributed by atoms with Crippen LogP contribution in [0.2, 0.25) is 0 Å². The molecule has 2 aromatic heterocycles. The van der Waals surface area contributed by atoms with Crippen LogP contribution in [-0.4, -0.2) is 16.0 Å². The maximum Gasteiger partial charge on any atom is 0.226 e. The van der Waals surface area contributed by atoms with Crippen molar-refractivity contribution >= 4 is 5.91 Å². The number of nitrogens with one attached hydrogen (secondary N) is 1. The Balaban J connectivity index is 1.92. The third kappa shape index (κ3) is 4.94. The van der Waals surface area contributed by atoms with Crippen LogP contribution < -0.4 is 5.32 Å². The second kappa shape index (κ2) is 7.64. The highest BCUT2D eigenvalue weighted by Gasteiger charge is 2.30. The minimum Gasteiger partial charge on any atom is -0.464 e. The maximum absolute atomic E-state index is 12.3. The summed E-state index contributed by atoms with van der Waals surface area (Å²) in [6.07, 6.45) is 2.53. The van der Waals surface area contributed by atoms with Gasteiger partial charge in [-0.2, -0.15) is 4.98 Å². The molecule has 2 heterocycles. The predicted octanol–water partition coefficient (Wildman–Crippen LogP) is 3.76. The summed E-state index contributed by atoms with van der Waals surface area (Å²) < 4.78 is 10.9.